The lowest BCUT2D eigenvalue weighted by Crippen LogP contribution is -1.76. The molecule has 0 aromatic heterocycles. The van der Waals surface area contributed by atoms with E-state index in [0.717, 1.165) is 0 Å². The van der Waals surface area contributed by atoms with E-state index in [1.165, 1.54) is 21.5 Å². The third-order valence-electron chi connectivity index (χ3n) is 2.56. The molecule has 0 spiro atoms. The summed E-state index contributed by atoms with van der Waals surface area (Å²) in [6, 6.07) is 22.1. The third kappa shape index (κ3) is 1.01. The van der Waals surface area contributed by atoms with Crippen molar-refractivity contribution in [2.75, 3.05) is 0 Å². The molecular formula is C14H9-. The van der Waals surface area contributed by atoms with Crippen LogP contribution in [0.1, 0.15) is 0 Å². The molecular weight excluding hydrogens is 168 g/mol. The maximum Gasteiger partial charge on any atom is -0.0605 e. The average Bonchev–Trinajstić information content (AvgIpc) is 2.29. The van der Waals surface area contributed by atoms with E-state index in [-0.39, 0.29) is 0 Å². The predicted molar refractivity (Wildman–Crippen MR) is 60.3 cm³/mol. The van der Waals surface area contributed by atoms with E-state index in [1.807, 2.05) is 12.1 Å². The Morgan fingerprint density at radius 2 is 1.50 bits per heavy atom. The van der Waals surface area contributed by atoms with E-state index in [1.54, 1.807) is 0 Å². The van der Waals surface area contributed by atoms with Crippen LogP contribution in [-0.2, 0) is 0 Å². The molecule has 0 fully saturated rings. The molecule has 0 atom stereocenters. The first-order valence-electron chi connectivity index (χ1n) is 4.73. The second kappa shape index (κ2) is 2.85. The molecule has 3 rings (SSSR count). The van der Waals surface area contributed by atoms with Crippen molar-refractivity contribution in [2.24, 2.45) is 0 Å². The zero-order valence-electron chi connectivity index (χ0n) is 7.70. The van der Waals surface area contributed by atoms with Crippen molar-refractivity contribution in [3.05, 3.63) is 60.7 Å². The van der Waals surface area contributed by atoms with Gasteiger partial charge in [-0.25, -0.2) is 0 Å². The van der Waals surface area contributed by atoms with Crippen LogP contribution in [0.5, 0.6) is 0 Å². The first-order valence-corrected chi connectivity index (χ1v) is 4.73. The molecule has 0 aliphatic rings. The first-order chi connectivity index (χ1) is 6.95. The number of benzene rings is 3. The molecule has 0 heteroatoms. The fourth-order valence-electron chi connectivity index (χ4n) is 1.87. The quantitative estimate of drug-likeness (QED) is 0.362. The van der Waals surface area contributed by atoms with Crippen LogP contribution in [0.3, 0.4) is 0 Å². The van der Waals surface area contributed by atoms with Gasteiger partial charge in [0.05, 0.1) is 0 Å². The molecule has 0 bridgehead atoms. The Labute approximate surface area is 82.8 Å². The van der Waals surface area contributed by atoms with Crippen LogP contribution in [0.15, 0.2) is 54.6 Å². The van der Waals surface area contributed by atoms with Gasteiger partial charge in [0.2, 0.25) is 0 Å². The summed E-state index contributed by atoms with van der Waals surface area (Å²) >= 11 is 0. The minimum Gasteiger partial charge on any atom is -0.147 e. The molecule has 0 radical (unpaired) electrons. The van der Waals surface area contributed by atoms with Gasteiger partial charge in [0.25, 0.3) is 0 Å². The average molecular weight is 177 g/mol. The molecule has 0 aliphatic heterocycles. The van der Waals surface area contributed by atoms with Crippen molar-refractivity contribution in [3.63, 3.8) is 0 Å². The summed E-state index contributed by atoms with van der Waals surface area (Å²) < 4.78 is 0. The van der Waals surface area contributed by atoms with Gasteiger partial charge in [0.15, 0.2) is 0 Å². The monoisotopic (exact) mass is 177 g/mol. The van der Waals surface area contributed by atoms with Gasteiger partial charge in [-0.2, -0.15) is 0 Å². The van der Waals surface area contributed by atoms with Crippen molar-refractivity contribution in [1.82, 2.24) is 0 Å². The van der Waals surface area contributed by atoms with Crippen molar-refractivity contribution in [3.8, 4) is 0 Å². The van der Waals surface area contributed by atoms with E-state index in [9.17, 15) is 0 Å². The molecule has 0 saturated heterocycles. The van der Waals surface area contributed by atoms with Crippen molar-refractivity contribution in [2.45, 2.75) is 0 Å². The van der Waals surface area contributed by atoms with E-state index in [4.69, 9.17) is 0 Å². The fraction of sp³-hybridized carbons (Fsp3) is 0. The number of hydrogen-bond acceptors (Lipinski definition) is 0. The summed E-state index contributed by atoms with van der Waals surface area (Å²) in [5.74, 6) is 0. The van der Waals surface area contributed by atoms with Crippen LogP contribution in [0.2, 0.25) is 0 Å². The first kappa shape index (κ1) is 7.57. The highest BCUT2D eigenvalue weighted by molar-refractivity contribution is 6.06. The topological polar surface area (TPSA) is 0 Å². The Morgan fingerprint density at radius 3 is 2.50 bits per heavy atom. The normalized spacial score (nSPS) is 10.9. The van der Waals surface area contributed by atoms with Crippen molar-refractivity contribution < 1.29 is 0 Å². The van der Waals surface area contributed by atoms with Crippen molar-refractivity contribution >= 4 is 21.5 Å². The van der Waals surface area contributed by atoms with Crippen LogP contribution in [0.4, 0.5) is 0 Å². The van der Waals surface area contributed by atoms with Gasteiger partial charge >= 0.3 is 0 Å². The Hall–Kier alpha value is -1.82. The molecule has 3 aromatic carbocycles. The van der Waals surface area contributed by atoms with E-state index >= 15 is 0 Å². The van der Waals surface area contributed by atoms with Gasteiger partial charge in [-0.3, -0.25) is 0 Å². The third-order valence-corrected chi connectivity index (χ3v) is 2.56. The molecule has 14 heavy (non-hydrogen) atoms. The summed E-state index contributed by atoms with van der Waals surface area (Å²) in [6.45, 7) is 0. The van der Waals surface area contributed by atoms with Gasteiger partial charge in [-0.05, 0) is 0 Å². The predicted octanol–water partition coefficient (Wildman–Crippen LogP) is 3.79. The van der Waals surface area contributed by atoms with Gasteiger partial charge in [-0.15, -0.1) is 35.0 Å². The molecule has 0 heterocycles. The minimum absolute atomic E-state index is 1.21. The Balaban J connectivity index is 2.61. The molecule has 0 unspecified atom stereocenters. The molecule has 0 nitrogen and oxygen atoms in total. The zero-order chi connectivity index (χ0) is 9.38. The lowest BCUT2D eigenvalue weighted by Gasteiger charge is -2.09. The Morgan fingerprint density at radius 1 is 0.714 bits per heavy atom. The highest BCUT2D eigenvalue weighted by atomic mass is 14.0. The SMILES string of the molecule is [c-]1cccc2ccc3ccccc3c12. The van der Waals surface area contributed by atoms with E-state index in [0.29, 0.717) is 0 Å². The maximum atomic E-state index is 3.29. The summed E-state index contributed by atoms with van der Waals surface area (Å²) in [7, 11) is 0. The van der Waals surface area contributed by atoms with Crippen LogP contribution in [-0.4, -0.2) is 0 Å². The fourth-order valence-corrected chi connectivity index (χ4v) is 1.87. The molecule has 66 valence electrons. The lowest BCUT2D eigenvalue weighted by atomic mass is 10.0. The number of fused-ring (bicyclic) bond motifs is 3. The standard InChI is InChI=1S/C14H9/c1-3-7-13-11(5-1)9-10-12-6-2-4-8-14(12)13/h1-7,9-10H/q-1. The van der Waals surface area contributed by atoms with Crippen LogP contribution in [0, 0.1) is 6.07 Å². The highest BCUT2D eigenvalue weighted by Gasteiger charge is 1.90. The second-order valence-corrected chi connectivity index (χ2v) is 3.42. The smallest absolute Gasteiger partial charge is 0.0605 e. The van der Waals surface area contributed by atoms with E-state index in [2.05, 4.69) is 48.5 Å². The van der Waals surface area contributed by atoms with Crippen LogP contribution >= 0.6 is 0 Å². The summed E-state index contributed by atoms with van der Waals surface area (Å²) in [4.78, 5) is 0. The Bertz CT molecular complexity index is 539. The van der Waals surface area contributed by atoms with Gasteiger partial charge in [0.1, 0.15) is 0 Å². The van der Waals surface area contributed by atoms with Crippen molar-refractivity contribution in [1.29, 1.82) is 0 Å². The summed E-state index contributed by atoms with van der Waals surface area (Å²) in [5, 5.41) is 5.03. The minimum atomic E-state index is 1.21. The summed E-state index contributed by atoms with van der Waals surface area (Å²) in [5.41, 5.74) is 0. The zero-order valence-corrected chi connectivity index (χ0v) is 7.70. The molecule has 3 aromatic rings. The maximum absolute atomic E-state index is 3.29. The molecule has 0 amide bonds. The molecule has 0 saturated carbocycles. The summed E-state index contributed by atoms with van der Waals surface area (Å²) in [6.07, 6.45) is 0. The van der Waals surface area contributed by atoms with Gasteiger partial charge < -0.3 is 0 Å². The van der Waals surface area contributed by atoms with Gasteiger partial charge in [0, 0.05) is 0 Å². The van der Waals surface area contributed by atoms with Gasteiger partial charge in [-0.1, -0.05) is 47.2 Å². The largest absolute Gasteiger partial charge is 0.147 e. The van der Waals surface area contributed by atoms with E-state index < -0.39 is 0 Å². The molecule has 0 N–H and O–H groups in total. The van der Waals surface area contributed by atoms with Crippen LogP contribution in [0.25, 0.3) is 21.5 Å². The number of rotatable bonds is 0. The van der Waals surface area contributed by atoms with Crippen LogP contribution < -0.4 is 0 Å². The highest BCUT2D eigenvalue weighted by Crippen LogP contribution is 2.23. The second-order valence-electron chi connectivity index (χ2n) is 3.42. The lowest BCUT2D eigenvalue weighted by molar-refractivity contribution is 1.76. The number of hydrogen-bond donors (Lipinski definition) is 0. The Kier molecular flexibility index (Phi) is 1.54. The molecule has 0 aliphatic carbocycles.